The van der Waals surface area contributed by atoms with Crippen molar-refractivity contribution in [1.82, 2.24) is 4.98 Å². The molecule has 108 valence electrons. The van der Waals surface area contributed by atoms with Gasteiger partial charge in [0.05, 0.1) is 0 Å². The number of rotatable bonds is 2. The number of para-hydroxylation sites is 1. The minimum absolute atomic E-state index is 0.694. The molecular weight excluding hydrogens is 254 g/mol. The van der Waals surface area contributed by atoms with Gasteiger partial charge in [-0.2, -0.15) is 0 Å². The average Bonchev–Trinajstić information content (AvgIpc) is 2.77. The molecule has 1 aromatic heterocycles. The maximum Gasteiger partial charge on any atom is 0.0494 e. The Morgan fingerprint density at radius 1 is 1.24 bits per heavy atom. The van der Waals surface area contributed by atoms with Crippen LogP contribution in [0.3, 0.4) is 0 Å². The molecule has 1 nitrogen and oxygen atoms in total. The lowest BCUT2D eigenvalue weighted by Crippen LogP contribution is -2.08. The standard InChI is InChI=1S/C20H23N/c1-12(2)20-19(16-8-6-7-9-17(16)21-20)18-14(4)10-13(3)11-15(18)5/h6-9,13,21H,1,4,10-11H2,2-3,5H3. The highest BCUT2D eigenvalue weighted by atomic mass is 14.7. The van der Waals surface area contributed by atoms with E-state index in [0.717, 1.165) is 24.1 Å². The van der Waals surface area contributed by atoms with E-state index in [-0.39, 0.29) is 0 Å². The van der Waals surface area contributed by atoms with E-state index in [2.05, 4.69) is 63.2 Å². The van der Waals surface area contributed by atoms with E-state index in [1.807, 2.05) is 0 Å². The molecule has 1 unspecified atom stereocenters. The Bertz CT molecular complexity index is 770. The maximum absolute atomic E-state index is 4.36. The molecule has 0 fully saturated rings. The first-order valence-corrected chi connectivity index (χ1v) is 7.64. The summed E-state index contributed by atoms with van der Waals surface area (Å²) in [5.74, 6) is 0.694. The molecule has 0 spiro atoms. The van der Waals surface area contributed by atoms with Crippen molar-refractivity contribution >= 4 is 22.0 Å². The van der Waals surface area contributed by atoms with Crippen LogP contribution in [0.2, 0.25) is 0 Å². The number of allylic oxidation sites excluding steroid dienone is 4. The van der Waals surface area contributed by atoms with Crippen molar-refractivity contribution in [3.63, 3.8) is 0 Å². The molecule has 2 aromatic rings. The molecule has 0 amide bonds. The van der Waals surface area contributed by atoms with Gasteiger partial charge in [0.2, 0.25) is 0 Å². The molecular formula is C20H23N. The van der Waals surface area contributed by atoms with Gasteiger partial charge in [0, 0.05) is 22.2 Å². The molecule has 1 aromatic carbocycles. The summed E-state index contributed by atoms with van der Waals surface area (Å²) >= 11 is 0. The van der Waals surface area contributed by atoms with Gasteiger partial charge < -0.3 is 4.98 Å². The Morgan fingerprint density at radius 3 is 2.62 bits per heavy atom. The van der Waals surface area contributed by atoms with Gasteiger partial charge in [-0.15, -0.1) is 0 Å². The first-order chi connectivity index (χ1) is 9.99. The van der Waals surface area contributed by atoms with E-state index in [1.54, 1.807) is 0 Å². The summed E-state index contributed by atoms with van der Waals surface area (Å²) in [6.07, 6.45) is 2.24. The Kier molecular flexibility index (Phi) is 3.36. The Balaban J connectivity index is 2.33. The number of benzene rings is 1. The Labute approximate surface area is 127 Å². The summed E-state index contributed by atoms with van der Waals surface area (Å²) in [7, 11) is 0. The topological polar surface area (TPSA) is 15.8 Å². The van der Waals surface area contributed by atoms with Gasteiger partial charge in [0.1, 0.15) is 0 Å². The third kappa shape index (κ3) is 2.27. The van der Waals surface area contributed by atoms with Crippen LogP contribution in [-0.4, -0.2) is 4.98 Å². The second-order valence-electron chi connectivity index (χ2n) is 6.47. The van der Waals surface area contributed by atoms with Gasteiger partial charge in [-0.05, 0) is 55.4 Å². The zero-order chi connectivity index (χ0) is 15.1. The molecule has 1 atom stereocenters. The maximum atomic E-state index is 4.36. The molecule has 0 bridgehead atoms. The summed E-state index contributed by atoms with van der Waals surface area (Å²) < 4.78 is 0. The van der Waals surface area contributed by atoms with Crippen LogP contribution in [0, 0.1) is 5.92 Å². The predicted molar refractivity (Wildman–Crippen MR) is 93.1 cm³/mol. The van der Waals surface area contributed by atoms with Crippen LogP contribution in [0.4, 0.5) is 0 Å². The van der Waals surface area contributed by atoms with Crippen LogP contribution in [0.1, 0.15) is 44.9 Å². The molecule has 3 rings (SSSR count). The van der Waals surface area contributed by atoms with E-state index < -0.39 is 0 Å². The zero-order valence-corrected chi connectivity index (χ0v) is 13.2. The fraction of sp³-hybridized carbons (Fsp3) is 0.300. The van der Waals surface area contributed by atoms with Gasteiger partial charge in [-0.3, -0.25) is 0 Å². The number of hydrogen-bond acceptors (Lipinski definition) is 0. The minimum atomic E-state index is 0.694. The molecule has 1 heterocycles. The second-order valence-corrected chi connectivity index (χ2v) is 6.47. The average molecular weight is 277 g/mol. The van der Waals surface area contributed by atoms with Crippen molar-refractivity contribution in [2.45, 2.75) is 33.6 Å². The second kappa shape index (κ2) is 5.07. The number of aromatic amines is 1. The highest BCUT2D eigenvalue weighted by molar-refractivity contribution is 6.02. The van der Waals surface area contributed by atoms with Gasteiger partial charge in [-0.25, -0.2) is 0 Å². The van der Waals surface area contributed by atoms with Crippen LogP contribution < -0.4 is 0 Å². The fourth-order valence-corrected chi connectivity index (χ4v) is 3.63. The predicted octanol–water partition coefficient (Wildman–Crippen LogP) is 5.96. The van der Waals surface area contributed by atoms with E-state index in [0.29, 0.717) is 5.92 Å². The molecule has 1 aliphatic rings. The van der Waals surface area contributed by atoms with Crippen LogP contribution in [-0.2, 0) is 0 Å². The van der Waals surface area contributed by atoms with Crippen molar-refractivity contribution < 1.29 is 0 Å². The lowest BCUT2D eigenvalue weighted by Gasteiger charge is -2.26. The van der Waals surface area contributed by atoms with Crippen molar-refractivity contribution in [1.29, 1.82) is 0 Å². The van der Waals surface area contributed by atoms with Gasteiger partial charge in [0.25, 0.3) is 0 Å². The van der Waals surface area contributed by atoms with Crippen LogP contribution in [0.5, 0.6) is 0 Å². The summed E-state index contributed by atoms with van der Waals surface area (Å²) in [6, 6.07) is 8.50. The Morgan fingerprint density at radius 2 is 1.95 bits per heavy atom. The SMILES string of the molecule is C=C1CC(C)CC(C)=C1c1c(C(=C)C)[nH]c2ccccc12. The highest BCUT2D eigenvalue weighted by Gasteiger charge is 2.24. The summed E-state index contributed by atoms with van der Waals surface area (Å²) in [5, 5.41) is 1.28. The van der Waals surface area contributed by atoms with Gasteiger partial charge in [0.15, 0.2) is 0 Å². The number of fused-ring (bicyclic) bond motifs is 1. The lowest BCUT2D eigenvalue weighted by molar-refractivity contribution is 0.565. The van der Waals surface area contributed by atoms with Gasteiger partial charge in [-0.1, -0.05) is 43.9 Å². The van der Waals surface area contributed by atoms with Crippen molar-refractivity contribution in [2.75, 3.05) is 0 Å². The lowest BCUT2D eigenvalue weighted by atomic mass is 9.79. The zero-order valence-electron chi connectivity index (χ0n) is 13.2. The van der Waals surface area contributed by atoms with Crippen molar-refractivity contribution in [3.8, 4) is 0 Å². The quantitative estimate of drug-likeness (QED) is 0.697. The number of hydrogen-bond donors (Lipinski definition) is 1. The van der Waals surface area contributed by atoms with E-state index in [4.69, 9.17) is 0 Å². The summed E-state index contributed by atoms with van der Waals surface area (Å²) in [5.41, 5.74) is 8.77. The van der Waals surface area contributed by atoms with Crippen LogP contribution >= 0.6 is 0 Å². The molecule has 21 heavy (non-hydrogen) atoms. The monoisotopic (exact) mass is 277 g/mol. The normalized spacial score (nSPS) is 19.4. The van der Waals surface area contributed by atoms with E-state index >= 15 is 0 Å². The molecule has 1 heteroatoms. The van der Waals surface area contributed by atoms with Crippen LogP contribution in [0.25, 0.3) is 22.0 Å². The largest absolute Gasteiger partial charge is 0.354 e. The number of nitrogens with one attached hydrogen (secondary N) is 1. The summed E-state index contributed by atoms with van der Waals surface area (Å²) in [6.45, 7) is 15.1. The molecule has 0 saturated carbocycles. The fourth-order valence-electron chi connectivity index (χ4n) is 3.63. The molecule has 0 aliphatic heterocycles. The third-order valence-corrected chi connectivity index (χ3v) is 4.41. The van der Waals surface area contributed by atoms with E-state index in [1.165, 1.54) is 33.2 Å². The number of H-pyrrole nitrogens is 1. The minimum Gasteiger partial charge on any atom is -0.354 e. The molecule has 1 aliphatic carbocycles. The molecule has 0 saturated heterocycles. The first kappa shape index (κ1) is 13.9. The van der Waals surface area contributed by atoms with Crippen molar-refractivity contribution in [3.05, 3.63) is 59.8 Å². The first-order valence-electron chi connectivity index (χ1n) is 7.64. The van der Waals surface area contributed by atoms with E-state index in [9.17, 15) is 0 Å². The molecule has 1 N–H and O–H groups in total. The van der Waals surface area contributed by atoms with Crippen LogP contribution in [0.15, 0.2) is 48.6 Å². The smallest absolute Gasteiger partial charge is 0.0494 e. The summed E-state index contributed by atoms with van der Waals surface area (Å²) in [4.78, 5) is 3.54. The third-order valence-electron chi connectivity index (χ3n) is 4.41. The highest BCUT2D eigenvalue weighted by Crippen LogP contribution is 2.43. The van der Waals surface area contributed by atoms with Gasteiger partial charge >= 0.3 is 0 Å². The Hall–Kier alpha value is -2.02. The molecule has 0 radical (unpaired) electrons. The number of aromatic nitrogens is 1. The van der Waals surface area contributed by atoms with Crippen molar-refractivity contribution in [2.24, 2.45) is 5.92 Å².